The van der Waals surface area contributed by atoms with Gasteiger partial charge in [0, 0.05) is 47.8 Å². The third-order valence-corrected chi connectivity index (χ3v) is 7.97. The summed E-state index contributed by atoms with van der Waals surface area (Å²) in [5.41, 5.74) is 5.29. The number of hydrogen-bond acceptors (Lipinski definition) is 7. The van der Waals surface area contributed by atoms with E-state index in [1.54, 1.807) is 11.3 Å². The number of pyridine rings is 1. The lowest BCUT2D eigenvalue weighted by molar-refractivity contribution is -0.160. The molecular formula is C29H33N3O4S. The van der Waals surface area contributed by atoms with Crippen molar-refractivity contribution in [2.45, 2.75) is 65.7 Å². The summed E-state index contributed by atoms with van der Waals surface area (Å²) >= 11 is 1.57. The van der Waals surface area contributed by atoms with Gasteiger partial charge in [0.05, 0.1) is 27.9 Å². The molecule has 0 aliphatic carbocycles. The van der Waals surface area contributed by atoms with Gasteiger partial charge in [0.1, 0.15) is 5.75 Å². The monoisotopic (exact) mass is 519 g/mol. The van der Waals surface area contributed by atoms with Gasteiger partial charge in [-0.3, -0.25) is 4.98 Å². The second-order valence-electron chi connectivity index (χ2n) is 10.9. The van der Waals surface area contributed by atoms with Crippen LogP contribution in [0.15, 0.2) is 30.5 Å². The number of carboxylic acids is 1. The number of ether oxygens (including phenoxy) is 2. The van der Waals surface area contributed by atoms with Crippen LogP contribution >= 0.6 is 11.3 Å². The minimum absolute atomic E-state index is 0.264. The Balaban J connectivity index is 1.89. The van der Waals surface area contributed by atoms with Crippen molar-refractivity contribution < 1.29 is 19.4 Å². The molecular weight excluding hydrogens is 486 g/mol. The zero-order valence-corrected chi connectivity index (χ0v) is 23.2. The molecule has 1 atom stereocenters. The Bertz CT molecular complexity index is 1510. The van der Waals surface area contributed by atoms with Crippen LogP contribution in [-0.2, 0) is 16.0 Å². The van der Waals surface area contributed by atoms with Crippen molar-refractivity contribution in [3.8, 4) is 16.9 Å². The summed E-state index contributed by atoms with van der Waals surface area (Å²) < 4.78 is 13.1. The molecule has 1 aliphatic rings. The molecule has 37 heavy (non-hydrogen) atoms. The average Bonchev–Trinajstić information content (AvgIpc) is 3.25. The van der Waals surface area contributed by atoms with Crippen LogP contribution in [0, 0.1) is 6.92 Å². The Hall–Kier alpha value is -3.23. The number of aromatic nitrogens is 2. The molecule has 7 nitrogen and oxygen atoms in total. The van der Waals surface area contributed by atoms with Gasteiger partial charge in [0.25, 0.3) is 0 Å². The van der Waals surface area contributed by atoms with Crippen LogP contribution in [0.25, 0.3) is 32.2 Å². The van der Waals surface area contributed by atoms with Gasteiger partial charge >= 0.3 is 5.97 Å². The Kier molecular flexibility index (Phi) is 6.36. The maximum absolute atomic E-state index is 12.7. The molecule has 0 fully saturated rings. The highest BCUT2D eigenvalue weighted by molar-refractivity contribution is 7.22. The summed E-state index contributed by atoms with van der Waals surface area (Å²) in [5.74, 6) is -0.217. The van der Waals surface area contributed by atoms with Crippen LogP contribution in [0.4, 0.5) is 5.13 Å². The van der Waals surface area contributed by atoms with Crippen molar-refractivity contribution in [1.29, 1.82) is 0 Å². The third kappa shape index (κ3) is 4.53. The summed E-state index contributed by atoms with van der Waals surface area (Å²) in [5, 5.41) is 12.3. The lowest BCUT2D eigenvalue weighted by atomic mass is 9.89. The maximum Gasteiger partial charge on any atom is 0.337 e. The molecule has 1 N–H and O–H groups in total. The van der Waals surface area contributed by atoms with Gasteiger partial charge in [-0.05, 0) is 76.9 Å². The number of aliphatic carboxylic acids is 1. The van der Waals surface area contributed by atoms with Gasteiger partial charge in [0.2, 0.25) is 0 Å². The summed E-state index contributed by atoms with van der Waals surface area (Å²) in [7, 11) is 2.03. The van der Waals surface area contributed by atoms with E-state index in [1.165, 1.54) is 5.56 Å². The smallest absolute Gasteiger partial charge is 0.337 e. The number of benzene rings is 2. The Morgan fingerprint density at radius 1 is 1.24 bits per heavy atom. The number of rotatable bonds is 6. The van der Waals surface area contributed by atoms with Crippen molar-refractivity contribution in [1.82, 2.24) is 9.97 Å². The van der Waals surface area contributed by atoms with E-state index in [0.29, 0.717) is 12.2 Å². The molecule has 1 aliphatic heterocycles. The first-order valence-corrected chi connectivity index (χ1v) is 13.4. The minimum Gasteiger partial charge on any atom is -0.493 e. The fourth-order valence-corrected chi connectivity index (χ4v) is 6.08. The van der Waals surface area contributed by atoms with Gasteiger partial charge in [-0.1, -0.05) is 11.3 Å². The molecule has 0 saturated carbocycles. The van der Waals surface area contributed by atoms with E-state index in [4.69, 9.17) is 19.4 Å². The van der Waals surface area contributed by atoms with Crippen LogP contribution in [-0.4, -0.2) is 46.3 Å². The van der Waals surface area contributed by atoms with Gasteiger partial charge in [-0.25, -0.2) is 9.78 Å². The molecule has 0 unspecified atom stereocenters. The van der Waals surface area contributed by atoms with Crippen molar-refractivity contribution in [3.63, 3.8) is 0 Å². The summed E-state index contributed by atoms with van der Waals surface area (Å²) in [6.07, 6.45) is 1.48. The first-order valence-electron chi connectivity index (χ1n) is 12.6. The zero-order chi connectivity index (χ0) is 26.6. The average molecular weight is 520 g/mol. The number of aryl methyl sites for hydroxylation is 1. The highest BCUT2D eigenvalue weighted by Crippen LogP contribution is 2.47. The summed E-state index contributed by atoms with van der Waals surface area (Å²) in [6, 6.07) is 8.25. The number of carbonyl (C=O) groups is 1. The lowest BCUT2D eigenvalue weighted by Gasteiger charge is -2.28. The molecule has 0 radical (unpaired) electrons. The Labute approximate surface area is 221 Å². The third-order valence-electron chi connectivity index (χ3n) is 6.79. The maximum atomic E-state index is 12.7. The number of thiazole rings is 1. The van der Waals surface area contributed by atoms with Crippen LogP contribution < -0.4 is 9.64 Å². The molecule has 5 rings (SSSR count). The zero-order valence-electron chi connectivity index (χ0n) is 22.4. The van der Waals surface area contributed by atoms with Crippen molar-refractivity contribution in [2.75, 3.05) is 18.6 Å². The molecule has 0 amide bonds. The minimum atomic E-state index is -1.16. The van der Waals surface area contributed by atoms with Gasteiger partial charge in [0.15, 0.2) is 11.2 Å². The molecule has 0 bridgehead atoms. The molecule has 194 valence electrons. The van der Waals surface area contributed by atoms with Crippen LogP contribution in [0.5, 0.6) is 5.75 Å². The lowest BCUT2D eigenvalue weighted by Crippen LogP contribution is -2.28. The quantitative estimate of drug-likeness (QED) is 0.310. The number of hydrogen-bond donors (Lipinski definition) is 1. The fraction of sp³-hybridized carbons (Fsp3) is 0.414. The van der Waals surface area contributed by atoms with Crippen LogP contribution in [0.1, 0.15) is 57.4 Å². The van der Waals surface area contributed by atoms with Gasteiger partial charge in [-0.15, -0.1) is 0 Å². The second kappa shape index (κ2) is 9.26. The largest absolute Gasteiger partial charge is 0.493 e. The van der Waals surface area contributed by atoms with Crippen LogP contribution in [0.2, 0.25) is 0 Å². The normalized spacial score (nSPS) is 14.3. The molecule has 0 saturated heterocycles. The van der Waals surface area contributed by atoms with E-state index in [2.05, 4.69) is 18.7 Å². The second-order valence-corrected chi connectivity index (χ2v) is 11.9. The molecule has 3 heterocycles. The van der Waals surface area contributed by atoms with Crippen LogP contribution in [0.3, 0.4) is 0 Å². The van der Waals surface area contributed by atoms with Crippen molar-refractivity contribution in [3.05, 3.63) is 47.2 Å². The van der Waals surface area contributed by atoms with E-state index in [0.717, 1.165) is 55.1 Å². The van der Waals surface area contributed by atoms with E-state index in [9.17, 15) is 9.90 Å². The number of nitrogens with zero attached hydrogens (tertiary/aromatic N) is 3. The van der Waals surface area contributed by atoms with Crippen molar-refractivity contribution in [2.24, 2.45) is 0 Å². The number of carboxylic acid groups (broad SMARTS) is 1. The molecule has 8 heteroatoms. The topological polar surface area (TPSA) is 84.8 Å². The highest BCUT2D eigenvalue weighted by Gasteiger charge is 2.33. The van der Waals surface area contributed by atoms with Gasteiger partial charge in [-0.2, -0.15) is 0 Å². The number of fused-ring (bicyclic) bond motifs is 1. The summed E-state index contributed by atoms with van der Waals surface area (Å²) in [6.45, 7) is 12.4. The van der Waals surface area contributed by atoms with E-state index >= 15 is 0 Å². The van der Waals surface area contributed by atoms with Gasteiger partial charge < -0.3 is 19.5 Å². The number of anilines is 1. The first kappa shape index (κ1) is 25.4. The Morgan fingerprint density at radius 3 is 2.68 bits per heavy atom. The Morgan fingerprint density at radius 2 is 2.00 bits per heavy atom. The van der Waals surface area contributed by atoms with Crippen molar-refractivity contribution >= 4 is 43.6 Å². The molecule has 4 aromatic rings. The molecule has 2 aromatic heterocycles. The predicted octanol–water partition coefficient (Wildman–Crippen LogP) is 6.54. The molecule has 2 aromatic carbocycles. The van der Waals surface area contributed by atoms with E-state index < -0.39 is 17.7 Å². The molecule has 0 spiro atoms. The highest BCUT2D eigenvalue weighted by atomic mass is 32.1. The SMILES string of the molecule is Cc1cc2nc(N(C)C(C)C)sc2c(-c2ccc3c4c(ccnc24)CCO3)c1[C@H](OC(C)(C)C)C(=O)O. The van der Waals surface area contributed by atoms with E-state index in [1.807, 2.05) is 65.2 Å². The van der Waals surface area contributed by atoms with E-state index in [-0.39, 0.29) is 6.04 Å². The fourth-order valence-electron chi connectivity index (χ4n) is 4.87. The predicted molar refractivity (Wildman–Crippen MR) is 149 cm³/mol. The first-order chi connectivity index (χ1) is 17.5. The summed E-state index contributed by atoms with van der Waals surface area (Å²) in [4.78, 5) is 24.6. The standard InChI is InChI=1S/C29H33N3O4S/c1-15(2)32(7)28-31-19-14-16(3)21(25(27(33)34)36-29(4,5)6)23(26(19)37-28)18-8-9-20-22-17(11-13-35-20)10-12-30-24(18)22/h8-10,12,14-15,25H,11,13H2,1-7H3,(H,33,34)/t25-/m0/s1.